The predicted molar refractivity (Wildman–Crippen MR) is 156 cm³/mol. The first kappa shape index (κ1) is 30.0. The average Bonchev–Trinajstić information content (AvgIpc) is 2.82. The van der Waals surface area contributed by atoms with E-state index >= 15 is 0 Å². The summed E-state index contributed by atoms with van der Waals surface area (Å²) < 4.78 is 6.99. The standard InChI is InChI=1S/C32H44BrClO/c1-6-8-9-10-11-14-29(32(3,4)5)15-12-13-20-35-24-28-23-31(34)27(22-30(28)33)21-26-18-16-25(7-2)17-19-26/h16-19,22-23,29H,6-11,13-14,20-21,24H2,1-5H3. The van der Waals surface area contributed by atoms with Crippen molar-refractivity contribution in [1.29, 1.82) is 0 Å². The minimum Gasteiger partial charge on any atom is -0.376 e. The average molecular weight is 560 g/mol. The monoisotopic (exact) mass is 558 g/mol. The van der Waals surface area contributed by atoms with Gasteiger partial charge in [0.05, 0.1) is 13.2 Å². The Morgan fingerprint density at radius 2 is 1.63 bits per heavy atom. The van der Waals surface area contributed by atoms with E-state index in [9.17, 15) is 0 Å². The smallest absolute Gasteiger partial charge is 0.0728 e. The van der Waals surface area contributed by atoms with Crippen LogP contribution in [-0.4, -0.2) is 6.61 Å². The lowest BCUT2D eigenvalue weighted by atomic mass is 9.78. The van der Waals surface area contributed by atoms with Crippen molar-refractivity contribution in [2.24, 2.45) is 11.3 Å². The third-order valence-corrected chi connectivity index (χ3v) is 7.68. The van der Waals surface area contributed by atoms with Gasteiger partial charge in [0, 0.05) is 21.8 Å². The number of rotatable bonds is 13. The van der Waals surface area contributed by atoms with Crippen molar-refractivity contribution in [2.75, 3.05) is 6.61 Å². The zero-order chi connectivity index (χ0) is 25.7. The Hall–Kier alpha value is -1.27. The predicted octanol–water partition coefficient (Wildman–Crippen LogP) is 10.2. The molecule has 0 aliphatic carbocycles. The van der Waals surface area contributed by atoms with E-state index in [0.29, 0.717) is 19.1 Å². The van der Waals surface area contributed by atoms with Gasteiger partial charge in [-0.3, -0.25) is 0 Å². The molecule has 0 amide bonds. The fourth-order valence-electron chi connectivity index (χ4n) is 4.16. The van der Waals surface area contributed by atoms with Crippen molar-refractivity contribution in [3.8, 4) is 11.8 Å². The lowest BCUT2D eigenvalue weighted by molar-refractivity contribution is 0.126. The van der Waals surface area contributed by atoms with E-state index in [1.165, 1.54) is 49.7 Å². The summed E-state index contributed by atoms with van der Waals surface area (Å²) in [5.41, 5.74) is 5.05. The van der Waals surface area contributed by atoms with Crippen LogP contribution in [0.15, 0.2) is 40.9 Å². The number of unbranched alkanes of at least 4 members (excludes halogenated alkanes) is 4. The SMILES string of the molecule is CCCCCCCC(C#CCCOCc1cc(Cl)c(Cc2ccc(CC)cc2)cc1Br)C(C)(C)C. The van der Waals surface area contributed by atoms with Gasteiger partial charge in [0.1, 0.15) is 0 Å². The van der Waals surface area contributed by atoms with Crippen molar-refractivity contribution >= 4 is 27.5 Å². The van der Waals surface area contributed by atoms with Gasteiger partial charge in [-0.2, -0.15) is 0 Å². The van der Waals surface area contributed by atoms with Gasteiger partial charge in [-0.05, 0) is 59.1 Å². The molecule has 0 aromatic heterocycles. The maximum Gasteiger partial charge on any atom is 0.0728 e. The lowest BCUT2D eigenvalue weighted by Gasteiger charge is -2.26. The Morgan fingerprint density at radius 3 is 2.29 bits per heavy atom. The van der Waals surface area contributed by atoms with Crippen LogP contribution in [0.1, 0.15) is 102 Å². The highest BCUT2D eigenvalue weighted by atomic mass is 79.9. The van der Waals surface area contributed by atoms with E-state index in [4.69, 9.17) is 16.3 Å². The van der Waals surface area contributed by atoms with Crippen LogP contribution in [0, 0.1) is 23.2 Å². The molecule has 0 saturated heterocycles. The third kappa shape index (κ3) is 11.1. The number of benzene rings is 2. The summed E-state index contributed by atoms with van der Waals surface area (Å²) in [6.07, 6.45) is 10.4. The molecule has 1 atom stereocenters. The number of ether oxygens (including phenoxy) is 1. The summed E-state index contributed by atoms with van der Waals surface area (Å²) in [5.74, 6) is 7.38. The summed E-state index contributed by atoms with van der Waals surface area (Å²) >= 11 is 10.3. The van der Waals surface area contributed by atoms with E-state index in [-0.39, 0.29) is 5.41 Å². The van der Waals surface area contributed by atoms with Crippen molar-refractivity contribution in [2.45, 2.75) is 99.0 Å². The van der Waals surface area contributed by atoms with Gasteiger partial charge in [-0.1, -0.05) is 124 Å². The number of aryl methyl sites for hydroxylation is 1. The first-order valence-electron chi connectivity index (χ1n) is 13.3. The van der Waals surface area contributed by atoms with Crippen LogP contribution >= 0.6 is 27.5 Å². The maximum atomic E-state index is 6.62. The number of hydrogen-bond donors (Lipinski definition) is 0. The molecule has 0 radical (unpaired) electrons. The van der Waals surface area contributed by atoms with Gasteiger partial charge in [-0.25, -0.2) is 0 Å². The quantitative estimate of drug-likeness (QED) is 0.175. The lowest BCUT2D eigenvalue weighted by Crippen LogP contribution is -2.18. The summed E-state index contributed by atoms with van der Waals surface area (Å²) in [4.78, 5) is 0. The second kappa shape index (κ2) is 15.8. The van der Waals surface area contributed by atoms with Gasteiger partial charge >= 0.3 is 0 Å². The zero-order valence-corrected chi connectivity index (χ0v) is 24.8. The second-order valence-electron chi connectivity index (χ2n) is 10.6. The van der Waals surface area contributed by atoms with E-state index in [0.717, 1.165) is 39.9 Å². The molecule has 0 heterocycles. The van der Waals surface area contributed by atoms with E-state index in [2.05, 4.69) is 92.7 Å². The highest BCUT2D eigenvalue weighted by Crippen LogP contribution is 2.30. The van der Waals surface area contributed by atoms with Crippen LogP contribution in [0.3, 0.4) is 0 Å². The van der Waals surface area contributed by atoms with Crippen molar-refractivity contribution in [1.82, 2.24) is 0 Å². The highest BCUT2D eigenvalue weighted by Gasteiger charge is 2.22. The molecule has 1 nitrogen and oxygen atoms in total. The molecular weight excluding hydrogens is 516 g/mol. The summed E-state index contributed by atoms with van der Waals surface area (Å²) in [6, 6.07) is 12.9. The van der Waals surface area contributed by atoms with Crippen LogP contribution < -0.4 is 0 Å². The molecule has 0 saturated carbocycles. The van der Waals surface area contributed by atoms with Crippen LogP contribution in [0.2, 0.25) is 5.02 Å². The third-order valence-electron chi connectivity index (χ3n) is 6.59. The van der Waals surface area contributed by atoms with E-state index in [1.54, 1.807) is 0 Å². The van der Waals surface area contributed by atoms with Crippen molar-refractivity contribution < 1.29 is 4.74 Å². The molecule has 0 fully saturated rings. The van der Waals surface area contributed by atoms with Gasteiger partial charge in [0.25, 0.3) is 0 Å². The Balaban J connectivity index is 1.83. The first-order chi connectivity index (χ1) is 16.7. The molecule has 3 heteroatoms. The Kier molecular flexibility index (Phi) is 13.5. The van der Waals surface area contributed by atoms with Gasteiger partial charge in [0.15, 0.2) is 0 Å². The molecule has 0 aliphatic heterocycles. The molecule has 1 unspecified atom stereocenters. The Labute approximate surface area is 228 Å². The van der Waals surface area contributed by atoms with E-state index < -0.39 is 0 Å². The molecule has 0 spiro atoms. The molecule has 0 bridgehead atoms. The molecule has 35 heavy (non-hydrogen) atoms. The van der Waals surface area contributed by atoms with Crippen LogP contribution in [0.25, 0.3) is 0 Å². The van der Waals surface area contributed by atoms with Crippen LogP contribution in [-0.2, 0) is 24.2 Å². The fourth-order valence-corrected chi connectivity index (χ4v) is 4.92. The van der Waals surface area contributed by atoms with E-state index in [1.807, 2.05) is 6.07 Å². The largest absolute Gasteiger partial charge is 0.376 e. The van der Waals surface area contributed by atoms with Gasteiger partial charge in [0.2, 0.25) is 0 Å². The molecule has 0 N–H and O–H groups in total. The molecule has 2 rings (SSSR count). The van der Waals surface area contributed by atoms with Crippen LogP contribution in [0.5, 0.6) is 0 Å². The maximum absolute atomic E-state index is 6.62. The highest BCUT2D eigenvalue weighted by molar-refractivity contribution is 9.10. The molecule has 192 valence electrons. The van der Waals surface area contributed by atoms with Gasteiger partial charge in [-0.15, -0.1) is 5.92 Å². The summed E-state index contributed by atoms with van der Waals surface area (Å²) in [5, 5.41) is 0.790. The van der Waals surface area contributed by atoms with Gasteiger partial charge < -0.3 is 4.74 Å². The minimum absolute atomic E-state index is 0.222. The second-order valence-corrected chi connectivity index (χ2v) is 11.9. The Bertz CT molecular complexity index is 946. The Morgan fingerprint density at radius 1 is 0.943 bits per heavy atom. The minimum atomic E-state index is 0.222. The topological polar surface area (TPSA) is 9.23 Å². The number of hydrogen-bond acceptors (Lipinski definition) is 1. The van der Waals surface area contributed by atoms with Crippen molar-refractivity contribution in [3.05, 3.63) is 68.1 Å². The number of halogens is 2. The molecule has 0 aliphatic rings. The first-order valence-corrected chi connectivity index (χ1v) is 14.5. The molecule has 2 aromatic rings. The summed E-state index contributed by atoms with van der Waals surface area (Å²) in [6.45, 7) is 12.5. The fraction of sp³-hybridized carbons (Fsp3) is 0.562. The summed E-state index contributed by atoms with van der Waals surface area (Å²) in [7, 11) is 0. The molecule has 2 aromatic carbocycles. The zero-order valence-electron chi connectivity index (χ0n) is 22.5. The normalized spacial score (nSPS) is 12.3. The van der Waals surface area contributed by atoms with Crippen molar-refractivity contribution in [3.63, 3.8) is 0 Å². The molecular formula is C32H44BrClO. The van der Waals surface area contributed by atoms with Crippen LogP contribution in [0.4, 0.5) is 0 Å².